The van der Waals surface area contributed by atoms with Crippen LogP contribution in [0.4, 0.5) is 10.5 Å². The lowest BCUT2D eigenvalue weighted by Crippen LogP contribution is -2.45. The van der Waals surface area contributed by atoms with E-state index in [1.54, 1.807) is 6.92 Å². The van der Waals surface area contributed by atoms with Crippen molar-refractivity contribution in [2.75, 3.05) is 25.6 Å². The summed E-state index contributed by atoms with van der Waals surface area (Å²) < 4.78 is 5.55. The molecule has 1 aliphatic heterocycles. The number of hydrogen-bond acceptors (Lipinski definition) is 4. The highest BCUT2D eigenvalue weighted by Crippen LogP contribution is 2.29. The molecule has 0 unspecified atom stereocenters. The number of benzene rings is 1. The van der Waals surface area contributed by atoms with Gasteiger partial charge in [0.05, 0.1) is 18.2 Å². The number of ether oxygens (including phenoxy) is 1. The zero-order valence-corrected chi connectivity index (χ0v) is 16.3. The van der Waals surface area contributed by atoms with Crippen LogP contribution in [-0.2, 0) is 9.53 Å². The van der Waals surface area contributed by atoms with Crippen LogP contribution < -0.4 is 15.5 Å². The Bertz CT molecular complexity index is 676. The van der Waals surface area contributed by atoms with Crippen molar-refractivity contribution >= 4 is 17.7 Å². The third kappa shape index (κ3) is 4.56. The molecule has 0 radical (unpaired) electrons. The van der Waals surface area contributed by atoms with Crippen LogP contribution in [-0.4, -0.2) is 32.7 Å². The van der Waals surface area contributed by atoms with Crippen molar-refractivity contribution in [3.8, 4) is 0 Å². The van der Waals surface area contributed by atoms with Crippen molar-refractivity contribution in [1.29, 1.82) is 0 Å². The van der Waals surface area contributed by atoms with Crippen LogP contribution in [0, 0.1) is 5.92 Å². The Labute approximate surface area is 155 Å². The molecule has 0 spiro atoms. The normalized spacial score (nSPS) is 17.0. The number of anilines is 1. The van der Waals surface area contributed by atoms with Crippen LogP contribution in [0.15, 0.2) is 35.5 Å². The van der Waals surface area contributed by atoms with Gasteiger partial charge in [0.2, 0.25) is 0 Å². The van der Waals surface area contributed by atoms with Crippen molar-refractivity contribution in [2.45, 2.75) is 39.7 Å². The zero-order chi connectivity index (χ0) is 19.3. The summed E-state index contributed by atoms with van der Waals surface area (Å²) in [4.78, 5) is 26.7. The number of esters is 1. The average molecular weight is 359 g/mol. The molecule has 0 saturated carbocycles. The number of urea groups is 1. The molecule has 1 heterocycles. The van der Waals surface area contributed by atoms with Gasteiger partial charge in [0.15, 0.2) is 0 Å². The fourth-order valence-electron chi connectivity index (χ4n) is 2.98. The second-order valence-corrected chi connectivity index (χ2v) is 6.84. The minimum Gasteiger partial charge on any atom is -0.462 e. The fourth-order valence-corrected chi connectivity index (χ4v) is 2.98. The first-order valence-electron chi connectivity index (χ1n) is 9.10. The maximum Gasteiger partial charge on any atom is 0.338 e. The van der Waals surface area contributed by atoms with Crippen LogP contribution in [0.3, 0.4) is 0 Å². The standard InChI is InChI=1S/C20H29N3O3/c1-6-14(7-2)12-26-19(24)17-13(3)21-20(25)22-18(17)15-8-10-16(11-9-15)23(4)5/h8-11,14,18H,6-7,12H2,1-5H3,(H2,21,22,25)/t18-/m1/s1. The summed E-state index contributed by atoms with van der Waals surface area (Å²) in [6.07, 6.45) is 1.93. The Morgan fingerprint density at radius 2 is 1.81 bits per heavy atom. The van der Waals surface area contributed by atoms with E-state index in [0.717, 1.165) is 24.1 Å². The number of amides is 2. The van der Waals surface area contributed by atoms with E-state index in [2.05, 4.69) is 24.5 Å². The first-order chi connectivity index (χ1) is 12.4. The van der Waals surface area contributed by atoms with E-state index >= 15 is 0 Å². The Morgan fingerprint density at radius 1 is 1.19 bits per heavy atom. The second-order valence-electron chi connectivity index (χ2n) is 6.84. The van der Waals surface area contributed by atoms with E-state index in [1.165, 1.54) is 0 Å². The van der Waals surface area contributed by atoms with Gasteiger partial charge in [-0.1, -0.05) is 38.8 Å². The van der Waals surface area contributed by atoms with Gasteiger partial charge in [-0.15, -0.1) is 0 Å². The van der Waals surface area contributed by atoms with Gasteiger partial charge < -0.3 is 20.3 Å². The summed E-state index contributed by atoms with van der Waals surface area (Å²) >= 11 is 0. The van der Waals surface area contributed by atoms with Gasteiger partial charge in [-0.2, -0.15) is 0 Å². The Kier molecular flexibility index (Phi) is 6.66. The molecule has 142 valence electrons. The lowest BCUT2D eigenvalue weighted by atomic mass is 9.95. The summed E-state index contributed by atoms with van der Waals surface area (Å²) in [6, 6.07) is 6.94. The zero-order valence-electron chi connectivity index (χ0n) is 16.3. The molecule has 26 heavy (non-hydrogen) atoms. The predicted molar refractivity (Wildman–Crippen MR) is 103 cm³/mol. The number of carbonyl (C=O) groups is 2. The molecular formula is C20H29N3O3. The molecule has 0 saturated heterocycles. The summed E-state index contributed by atoms with van der Waals surface area (Å²) in [5.74, 6) is -0.0348. The number of nitrogens with zero attached hydrogens (tertiary/aromatic N) is 1. The number of rotatable bonds is 7. The van der Waals surface area contributed by atoms with E-state index in [4.69, 9.17) is 4.74 Å². The van der Waals surface area contributed by atoms with E-state index in [-0.39, 0.29) is 12.0 Å². The molecule has 0 fully saturated rings. The smallest absolute Gasteiger partial charge is 0.338 e. The van der Waals surface area contributed by atoms with Crippen LogP contribution >= 0.6 is 0 Å². The van der Waals surface area contributed by atoms with Crippen LogP contribution in [0.5, 0.6) is 0 Å². The molecule has 1 atom stereocenters. The van der Waals surface area contributed by atoms with Gasteiger partial charge in [-0.25, -0.2) is 9.59 Å². The van der Waals surface area contributed by atoms with Crippen molar-refractivity contribution in [2.24, 2.45) is 5.92 Å². The lowest BCUT2D eigenvalue weighted by Gasteiger charge is -2.28. The van der Waals surface area contributed by atoms with Gasteiger partial charge >= 0.3 is 12.0 Å². The molecule has 1 aromatic carbocycles. The highest BCUT2D eigenvalue weighted by atomic mass is 16.5. The van der Waals surface area contributed by atoms with Gasteiger partial charge in [-0.3, -0.25) is 0 Å². The van der Waals surface area contributed by atoms with Gasteiger partial charge in [0.1, 0.15) is 0 Å². The van der Waals surface area contributed by atoms with E-state index in [0.29, 0.717) is 23.8 Å². The lowest BCUT2D eigenvalue weighted by molar-refractivity contribution is -0.141. The molecule has 0 aromatic heterocycles. The third-order valence-electron chi connectivity index (χ3n) is 4.84. The van der Waals surface area contributed by atoms with Crippen molar-refractivity contribution in [3.05, 3.63) is 41.1 Å². The summed E-state index contributed by atoms with van der Waals surface area (Å²) in [5, 5.41) is 5.51. The largest absolute Gasteiger partial charge is 0.462 e. The molecular weight excluding hydrogens is 330 g/mol. The average Bonchev–Trinajstić information content (AvgIpc) is 2.61. The van der Waals surface area contributed by atoms with Crippen molar-refractivity contribution < 1.29 is 14.3 Å². The molecule has 6 heteroatoms. The predicted octanol–water partition coefficient (Wildman–Crippen LogP) is 3.36. The van der Waals surface area contributed by atoms with E-state index in [9.17, 15) is 9.59 Å². The highest BCUT2D eigenvalue weighted by Gasteiger charge is 2.32. The minimum atomic E-state index is -0.519. The van der Waals surface area contributed by atoms with Crippen molar-refractivity contribution in [3.63, 3.8) is 0 Å². The molecule has 6 nitrogen and oxygen atoms in total. The van der Waals surface area contributed by atoms with Crippen LogP contribution in [0.2, 0.25) is 0 Å². The minimum absolute atomic E-state index is 0.319. The molecule has 0 bridgehead atoms. The first-order valence-corrected chi connectivity index (χ1v) is 9.10. The monoisotopic (exact) mass is 359 g/mol. The summed E-state index contributed by atoms with van der Waals surface area (Å²) in [6.45, 7) is 6.30. The number of hydrogen-bond donors (Lipinski definition) is 2. The molecule has 2 amide bonds. The molecule has 1 aromatic rings. The topological polar surface area (TPSA) is 70.7 Å². The maximum atomic E-state index is 12.7. The maximum absolute atomic E-state index is 12.7. The van der Waals surface area contributed by atoms with Gasteiger partial charge in [-0.05, 0) is 30.5 Å². The Balaban J connectivity index is 2.26. The molecule has 2 N–H and O–H groups in total. The number of nitrogens with one attached hydrogen (secondary N) is 2. The first kappa shape index (κ1) is 19.8. The second kappa shape index (κ2) is 8.74. The molecule has 2 rings (SSSR count). The molecule has 0 aliphatic carbocycles. The Hall–Kier alpha value is -2.50. The fraction of sp³-hybridized carbons (Fsp3) is 0.500. The third-order valence-corrected chi connectivity index (χ3v) is 4.84. The number of allylic oxidation sites excluding steroid dienone is 1. The number of carbonyl (C=O) groups excluding carboxylic acids is 2. The molecule has 1 aliphatic rings. The van der Waals surface area contributed by atoms with Gasteiger partial charge in [0, 0.05) is 25.5 Å². The van der Waals surface area contributed by atoms with Crippen LogP contribution in [0.25, 0.3) is 0 Å². The van der Waals surface area contributed by atoms with Gasteiger partial charge in [0.25, 0.3) is 0 Å². The SMILES string of the molecule is CCC(CC)COC(=O)C1=C(C)NC(=O)N[C@@H]1c1ccc(N(C)C)cc1. The van der Waals surface area contributed by atoms with E-state index < -0.39 is 6.04 Å². The summed E-state index contributed by atoms with van der Waals surface area (Å²) in [7, 11) is 3.93. The highest BCUT2D eigenvalue weighted by molar-refractivity contribution is 5.95. The van der Waals surface area contributed by atoms with Crippen molar-refractivity contribution in [1.82, 2.24) is 10.6 Å². The Morgan fingerprint density at radius 3 is 2.35 bits per heavy atom. The summed E-state index contributed by atoms with van der Waals surface area (Å²) in [5.41, 5.74) is 2.88. The van der Waals surface area contributed by atoms with E-state index in [1.807, 2.05) is 43.3 Å². The van der Waals surface area contributed by atoms with Crippen LogP contribution in [0.1, 0.15) is 45.2 Å². The quantitative estimate of drug-likeness (QED) is 0.733.